The van der Waals surface area contributed by atoms with Crippen molar-refractivity contribution in [2.24, 2.45) is 7.05 Å². The topological polar surface area (TPSA) is 68.8 Å². The van der Waals surface area contributed by atoms with Crippen molar-refractivity contribution in [1.82, 2.24) is 14.8 Å². The molecule has 17 heavy (non-hydrogen) atoms. The van der Waals surface area contributed by atoms with Crippen molar-refractivity contribution < 1.29 is 0 Å². The number of rotatable bonds is 4. The van der Waals surface area contributed by atoms with Gasteiger partial charge in [-0.2, -0.15) is 0 Å². The fourth-order valence-corrected chi connectivity index (χ4v) is 1.71. The molecule has 0 saturated heterocycles. The van der Waals surface area contributed by atoms with E-state index in [0.717, 1.165) is 24.5 Å². The van der Waals surface area contributed by atoms with E-state index in [4.69, 9.17) is 17.3 Å². The van der Waals surface area contributed by atoms with Gasteiger partial charge in [0, 0.05) is 20.0 Å². The zero-order valence-electron chi connectivity index (χ0n) is 9.52. The Balaban J connectivity index is 1.95. The second-order valence-corrected chi connectivity index (χ2v) is 4.14. The first kappa shape index (κ1) is 11.7. The van der Waals surface area contributed by atoms with E-state index in [1.165, 1.54) is 0 Å². The Morgan fingerprint density at radius 3 is 3.00 bits per heavy atom. The number of nitrogens with zero attached hydrogens (tertiary/aromatic N) is 3. The van der Waals surface area contributed by atoms with Crippen molar-refractivity contribution >= 4 is 23.0 Å². The number of aromatic nitrogens is 3. The molecule has 0 spiro atoms. The summed E-state index contributed by atoms with van der Waals surface area (Å²) in [6.45, 7) is 0.733. The van der Waals surface area contributed by atoms with Gasteiger partial charge >= 0.3 is 0 Å². The number of benzene rings is 1. The summed E-state index contributed by atoms with van der Waals surface area (Å²) in [5, 5.41) is 11.6. The zero-order chi connectivity index (χ0) is 12.3. The Morgan fingerprint density at radius 1 is 1.47 bits per heavy atom. The second kappa shape index (κ2) is 5.05. The maximum Gasteiger partial charge on any atom is 0.134 e. The molecule has 0 aliphatic rings. The number of hydrogen-bond acceptors (Lipinski definition) is 4. The van der Waals surface area contributed by atoms with Crippen molar-refractivity contribution in [3.8, 4) is 0 Å². The van der Waals surface area contributed by atoms with Crippen molar-refractivity contribution in [1.29, 1.82) is 0 Å². The predicted octanol–water partition coefficient (Wildman–Crippen LogP) is 1.71. The van der Waals surface area contributed by atoms with Crippen molar-refractivity contribution in [2.75, 3.05) is 17.6 Å². The highest BCUT2D eigenvalue weighted by atomic mass is 35.5. The largest absolute Gasteiger partial charge is 0.396 e. The molecule has 0 saturated carbocycles. The van der Waals surface area contributed by atoms with Gasteiger partial charge in [0.15, 0.2) is 0 Å². The predicted molar refractivity (Wildman–Crippen MR) is 69.1 cm³/mol. The maximum atomic E-state index is 5.93. The number of hydrogen-bond donors (Lipinski definition) is 2. The van der Waals surface area contributed by atoms with Crippen LogP contribution in [0, 0.1) is 0 Å². The highest BCUT2D eigenvalue weighted by Gasteiger charge is 2.03. The quantitative estimate of drug-likeness (QED) is 0.812. The lowest BCUT2D eigenvalue weighted by Crippen LogP contribution is -2.09. The van der Waals surface area contributed by atoms with Crippen LogP contribution in [0.3, 0.4) is 0 Å². The lowest BCUT2D eigenvalue weighted by molar-refractivity contribution is 0.788. The molecule has 0 bridgehead atoms. The van der Waals surface area contributed by atoms with Gasteiger partial charge in [0.2, 0.25) is 0 Å². The van der Waals surface area contributed by atoms with Crippen molar-refractivity contribution in [3.63, 3.8) is 0 Å². The second-order valence-electron chi connectivity index (χ2n) is 3.74. The summed E-state index contributed by atoms with van der Waals surface area (Å²) in [4.78, 5) is 0. The molecule has 1 heterocycles. The number of para-hydroxylation sites is 1. The molecule has 0 aliphatic heterocycles. The molecule has 0 fully saturated rings. The van der Waals surface area contributed by atoms with Crippen LogP contribution < -0.4 is 11.1 Å². The van der Waals surface area contributed by atoms with Crippen LogP contribution in [0.25, 0.3) is 0 Å². The third-order valence-electron chi connectivity index (χ3n) is 2.52. The average Bonchev–Trinajstić information content (AvgIpc) is 2.71. The smallest absolute Gasteiger partial charge is 0.134 e. The number of aryl methyl sites for hydroxylation is 1. The summed E-state index contributed by atoms with van der Waals surface area (Å²) in [6, 6.07) is 5.53. The molecular weight excluding hydrogens is 238 g/mol. The van der Waals surface area contributed by atoms with E-state index in [1.807, 2.05) is 23.7 Å². The molecule has 2 aromatic rings. The molecule has 1 aromatic carbocycles. The summed E-state index contributed by atoms with van der Waals surface area (Å²) in [5.41, 5.74) is 7.27. The normalized spacial score (nSPS) is 10.5. The minimum atomic E-state index is 0.564. The SMILES string of the molecule is Cn1cnnc1CCNc1cccc(Cl)c1N. The van der Waals surface area contributed by atoms with Gasteiger partial charge in [0.25, 0.3) is 0 Å². The van der Waals surface area contributed by atoms with E-state index in [2.05, 4.69) is 15.5 Å². The van der Waals surface area contributed by atoms with Gasteiger partial charge in [0.05, 0.1) is 16.4 Å². The summed E-state index contributed by atoms with van der Waals surface area (Å²) in [7, 11) is 1.92. The van der Waals surface area contributed by atoms with Gasteiger partial charge in [-0.3, -0.25) is 0 Å². The summed E-state index contributed by atoms with van der Waals surface area (Å²) >= 11 is 5.93. The lowest BCUT2D eigenvalue weighted by Gasteiger charge is -2.09. The van der Waals surface area contributed by atoms with E-state index < -0.39 is 0 Å². The first-order chi connectivity index (χ1) is 8.18. The fourth-order valence-electron chi connectivity index (χ4n) is 1.53. The van der Waals surface area contributed by atoms with Crippen LogP contribution in [0.5, 0.6) is 0 Å². The lowest BCUT2D eigenvalue weighted by atomic mass is 10.2. The van der Waals surface area contributed by atoms with E-state index in [1.54, 1.807) is 12.4 Å². The minimum Gasteiger partial charge on any atom is -0.396 e. The van der Waals surface area contributed by atoms with Crippen molar-refractivity contribution in [2.45, 2.75) is 6.42 Å². The van der Waals surface area contributed by atoms with Crippen LogP contribution in [-0.4, -0.2) is 21.3 Å². The Labute approximate surface area is 105 Å². The van der Waals surface area contributed by atoms with Gasteiger partial charge in [0.1, 0.15) is 12.2 Å². The van der Waals surface area contributed by atoms with Crippen LogP contribution in [0.1, 0.15) is 5.82 Å². The van der Waals surface area contributed by atoms with E-state index in [0.29, 0.717) is 10.7 Å². The van der Waals surface area contributed by atoms with Crippen LogP contribution in [-0.2, 0) is 13.5 Å². The Hall–Kier alpha value is -1.75. The number of nitrogen functional groups attached to an aromatic ring is 1. The molecule has 0 radical (unpaired) electrons. The molecule has 90 valence electrons. The average molecular weight is 252 g/mol. The van der Waals surface area contributed by atoms with E-state index >= 15 is 0 Å². The molecule has 0 amide bonds. The Kier molecular flexibility index (Phi) is 3.49. The number of anilines is 2. The van der Waals surface area contributed by atoms with Gasteiger partial charge in [-0.15, -0.1) is 10.2 Å². The molecular formula is C11H14ClN5. The third-order valence-corrected chi connectivity index (χ3v) is 2.85. The van der Waals surface area contributed by atoms with E-state index in [9.17, 15) is 0 Å². The molecule has 0 unspecified atom stereocenters. The standard InChI is InChI=1S/C11H14ClN5/c1-17-7-15-16-10(17)5-6-14-9-4-2-3-8(12)11(9)13/h2-4,7,14H,5-6,13H2,1H3. The van der Waals surface area contributed by atoms with Gasteiger partial charge in [-0.1, -0.05) is 17.7 Å². The van der Waals surface area contributed by atoms with Gasteiger partial charge < -0.3 is 15.6 Å². The molecule has 0 atom stereocenters. The van der Waals surface area contributed by atoms with Crippen LogP contribution >= 0.6 is 11.6 Å². The number of nitrogens with one attached hydrogen (secondary N) is 1. The van der Waals surface area contributed by atoms with Gasteiger partial charge in [-0.25, -0.2) is 0 Å². The maximum absolute atomic E-state index is 5.93. The van der Waals surface area contributed by atoms with Crippen LogP contribution in [0.15, 0.2) is 24.5 Å². The van der Waals surface area contributed by atoms with E-state index in [-0.39, 0.29) is 0 Å². The highest BCUT2D eigenvalue weighted by Crippen LogP contribution is 2.26. The summed E-state index contributed by atoms with van der Waals surface area (Å²) in [6.07, 6.45) is 2.46. The highest BCUT2D eigenvalue weighted by molar-refractivity contribution is 6.33. The minimum absolute atomic E-state index is 0.564. The molecule has 1 aromatic heterocycles. The first-order valence-corrected chi connectivity index (χ1v) is 5.67. The number of halogens is 1. The molecule has 0 aliphatic carbocycles. The van der Waals surface area contributed by atoms with Crippen LogP contribution in [0.2, 0.25) is 5.02 Å². The summed E-state index contributed by atoms with van der Waals surface area (Å²) < 4.78 is 1.89. The monoisotopic (exact) mass is 251 g/mol. The first-order valence-electron chi connectivity index (χ1n) is 5.29. The number of nitrogens with two attached hydrogens (primary N) is 1. The van der Waals surface area contributed by atoms with Gasteiger partial charge in [-0.05, 0) is 12.1 Å². The zero-order valence-corrected chi connectivity index (χ0v) is 10.3. The summed E-state index contributed by atoms with van der Waals surface area (Å²) in [5.74, 6) is 0.929. The Bertz CT molecular complexity index is 508. The molecule has 2 rings (SSSR count). The molecule has 5 nitrogen and oxygen atoms in total. The van der Waals surface area contributed by atoms with Crippen LogP contribution in [0.4, 0.5) is 11.4 Å². The Morgan fingerprint density at radius 2 is 2.29 bits per heavy atom. The third kappa shape index (κ3) is 2.68. The molecule has 6 heteroatoms. The van der Waals surface area contributed by atoms with Crippen molar-refractivity contribution in [3.05, 3.63) is 35.4 Å². The molecule has 3 N–H and O–H groups in total. The fraction of sp³-hybridized carbons (Fsp3) is 0.273.